The number of hydrogen-bond acceptors (Lipinski definition) is 2. The van der Waals surface area contributed by atoms with Gasteiger partial charge in [-0.3, -0.25) is 0 Å². The van der Waals surface area contributed by atoms with E-state index in [0.717, 1.165) is 26.1 Å². The van der Waals surface area contributed by atoms with Crippen molar-refractivity contribution in [2.75, 3.05) is 13.2 Å². The lowest BCUT2D eigenvalue weighted by atomic mass is 10.1. The zero-order valence-electron chi connectivity index (χ0n) is 9.91. The molecule has 0 aromatic rings. The van der Waals surface area contributed by atoms with E-state index >= 15 is 0 Å². The van der Waals surface area contributed by atoms with Crippen LogP contribution in [0, 0.1) is 0 Å². The van der Waals surface area contributed by atoms with Crippen molar-refractivity contribution in [2.45, 2.75) is 45.4 Å². The number of unbranched alkanes of at least 4 members (excludes halogenated alkanes) is 5. The molecule has 0 bridgehead atoms. The van der Waals surface area contributed by atoms with Gasteiger partial charge in [-0.05, 0) is 19.8 Å². The summed E-state index contributed by atoms with van der Waals surface area (Å²) >= 11 is 0. The molecule has 88 valence electrons. The second-order valence-electron chi connectivity index (χ2n) is 3.50. The smallest absolute Gasteiger partial charge is 0.0873 e. The molecule has 0 saturated heterocycles. The van der Waals surface area contributed by atoms with Crippen molar-refractivity contribution in [1.82, 2.24) is 0 Å². The van der Waals surface area contributed by atoms with Gasteiger partial charge in [0.2, 0.25) is 0 Å². The second kappa shape index (κ2) is 13.1. The van der Waals surface area contributed by atoms with Crippen LogP contribution in [0.25, 0.3) is 0 Å². The Kier molecular flexibility index (Phi) is 12.3. The van der Waals surface area contributed by atoms with Gasteiger partial charge in [-0.25, -0.2) is 0 Å². The highest BCUT2D eigenvalue weighted by Crippen LogP contribution is 2.05. The van der Waals surface area contributed by atoms with Gasteiger partial charge in [-0.15, -0.1) is 0 Å². The summed E-state index contributed by atoms with van der Waals surface area (Å²) in [6, 6.07) is 0. The molecule has 0 atom stereocenters. The molecule has 0 amide bonds. The molecule has 0 aliphatic rings. The molecule has 0 aromatic carbocycles. The lowest BCUT2D eigenvalue weighted by molar-refractivity contribution is 0.235. The average Bonchev–Trinajstić information content (AvgIpc) is 2.26. The molecular weight excluding hydrogens is 188 g/mol. The number of ether oxygens (including phenoxy) is 2. The number of hydrogen-bond donors (Lipinski definition) is 0. The van der Waals surface area contributed by atoms with E-state index in [-0.39, 0.29) is 0 Å². The highest BCUT2D eigenvalue weighted by Gasteiger charge is 1.91. The van der Waals surface area contributed by atoms with Crippen LogP contribution in [-0.4, -0.2) is 13.2 Å². The average molecular weight is 212 g/mol. The first-order valence-electron chi connectivity index (χ1n) is 5.87. The Morgan fingerprint density at radius 3 is 1.93 bits per heavy atom. The molecule has 0 radical (unpaired) electrons. The van der Waals surface area contributed by atoms with E-state index in [9.17, 15) is 0 Å². The Labute approximate surface area is 94.0 Å². The van der Waals surface area contributed by atoms with Gasteiger partial charge in [0.05, 0.1) is 25.7 Å². The number of allylic oxidation sites excluding steroid dienone is 1. The first-order chi connectivity index (χ1) is 7.41. The van der Waals surface area contributed by atoms with Crippen molar-refractivity contribution in [2.24, 2.45) is 0 Å². The van der Waals surface area contributed by atoms with E-state index in [0.29, 0.717) is 0 Å². The van der Waals surface area contributed by atoms with Crippen molar-refractivity contribution in [3.8, 4) is 0 Å². The predicted octanol–water partition coefficient (Wildman–Crippen LogP) is 4.04. The molecule has 0 saturated carbocycles. The Morgan fingerprint density at radius 1 is 0.867 bits per heavy atom. The van der Waals surface area contributed by atoms with E-state index in [1.54, 1.807) is 6.26 Å². The molecule has 0 heterocycles. The second-order valence-corrected chi connectivity index (χ2v) is 3.50. The standard InChI is InChI=1S/C13H24O2/c1-3-11-15-13-10-8-6-5-7-9-12-14-4-2/h3-4,11H,2,5-10,12-13H2,1H3. The Balaban J connectivity index is 2.89. The maximum absolute atomic E-state index is 5.23. The summed E-state index contributed by atoms with van der Waals surface area (Å²) in [5, 5.41) is 0. The van der Waals surface area contributed by atoms with Gasteiger partial charge in [-0.1, -0.05) is 38.3 Å². The molecule has 0 unspecified atom stereocenters. The maximum Gasteiger partial charge on any atom is 0.0873 e. The molecule has 0 aromatic heterocycles. The van der Waals surface area contributed by atoms with Crippen LogP contribution in [0.2, 0.25) is 0 Å². The summed E-state index contributed by atoms with van der Waals surface area (Å²) in [6.07, 6.45) is 12.6. The van der Waals surface area contributed by atoms with Gasteiger partial charge >= 0.3 is 0 Å². The fourth-order valence-corrected chi connectivity index (χ4v) is 1.33. The van der Waals surface area contributed by atoms with E-state index < -0.39 is 0 Å². The maximum atomic E-state index is 5.23. The first kappa shape index (κ1) is 14.1. The van der Waals surface area contributed by atoms with Crippen LogP contribution >= 0.6 is 0 Å². The van der Waals surface area contributed by atoms with Gasteiger partial charge in [0.15, 0.2) is 0 Å². The van der Waals surface area contributed by atoms with Crippen LogP contribution < -0.4 is 0 Å². The molecule has 0 fully saturated rings. The predicted molar refractivity (Wildman–Crippen MR) is 64.6 cm³/mol. The van der Waals surface area contributed by atoms with Crippen LogP contribution in [0.5, 0.6) is 0 Å². The fraction of sp³-hybridized carbons (Fsp3) is 0.692. The first-order valence-corrected chi connectivity index (χ1v) is 5.87. The van der Waals surface area contributed by atoms with Gasteiger partial charge in [0.1, 0.15) is 0 Å². The van der Waals surface area contributed by atoms with Crippen LogP contribution in [0.1, 0.15) is 45.4 Å². The topological polar surface area (TPSA) is 18.5 Å². The monoisotopic (exact) mass is 212 g/mol. The molecular formula is C13H24O2. The minimum Gasteiger partial charge on any atom is -0.502 e. The van der Waals surface area contributed by atoms with Gasteiger partial charge in [-0.2, -0.15) is 0 Å². The van der Waals surface area contributed by atoms with Crippen molar-refractivity contribution in [1.29, 1.82) is 0 Å². The van der Waals surface area contributed by atoms with Crippen LogP contribution in [0.15, 0.2) is 25.2 Å². The molecule has 15 heavy (non-hydrogen) atoms. The molecule has 0 N–H and O–H groups in total. The van der Waals surface area contributed by atoms with E-state index in [1.807, 2.05) is 13.0 Å². The summed E-state index contributed by atoms with van der Waals surface area (Å²) in [6.45, 7) is 7.13. The molecule has 2 nitrogen and oxygen atoms in total. The highest BCUT2D eigenvalue weighted by molar-refractivity contribution is 4.64. The highest BCUT2D eigenvalue weighted by atomic mass is 16.5. The van der Waals surface area contributed by atoms with Crippen molar-refractivity contribution in [3.05, 3.63) is 25.2 Å². The van der Waals surface area contributed by atoms with Crippen molar-refractivity contribution in [3.63, 3.8) is 0 Å². The summed E-state index contributed by atoms with van der Waals surface area (Å²) in [7, 11) is 0. The summed E-state index contributed by atoms with van der Waals surface area (Å²) in [5.74, 6) is 0. The van der Waals surface area contributed by atoms with E-state index in [4.69, 9.17) is 9.47 Å². The van der Waals surface area contributed by atoms with Crippen LogP contribution in [-0.2, 0) is 9.47 Å². The van der Waals surface area contributed by atoms with E-state index in [1.165, 1.54) is 31.9 Å². The molecule has 0 aliphatic heterocycles. The van der Waals surface area contributed by atoms with Crippen LogP contribution in [0.4, 0.5) is 0 Å². The normalized spacial score (nSPS) is 10.5. The van der Waals surface area contributed by atoms with Gasteiger partial charge in [0.25, 0.3) is 0 Å². The Hall–Kier alpha value is -0.920. The van der Waals surface area contributed by atoms with Crippen LogP contribution in [0.3, 0.4) is 0 Å². The zero-order valence-corrected chi connectivity index (χ0v) is 9.91. The van der Waals surface area contributed by atoms with E-state index in [2.05, 4.69) is 6.58 Å². The van der Waals surface area contributed by atoms with Crippen molar-refractivity contribution >= 4 is 0 Å². The SMILES string of the molecule is C=COCCCCCCCCOC=CC. The van der Waals surface area contributed by atoms with Crippen molar-refractivity contribution < 1.29 is 9.47 Å². The third-order valence-electron chi connectivity index (χ3n) is 2.12. The zero-order chi connectivity index (χ0) is 11.2. The Morgan fingerprint density at radius 2 is 1.40 bits per heavy atom. The lowest BCUT2D eigenvalue weighted by Crippen LogP contribution is -1.89. The lowest BCUT2D eigenvalue weighted by Gasteiger charge is -2.02. The largest absolute Gasteiger partial charge is 0.502 e. The number of rotatable bonds is 11. The minimum absolute atomic E-state index is 0.813. The summed E-state index contributed by atoms with van der Waals surface area (Å²) < 4.78 is 10.3. The summed E-state index contributed by atoms with van der Waals surface area (Å²) in [4.78, 5) is 0. The third kappa shape index (κ3) is 13.1. The molecule has 2 heteroatoms. The molecule has 0 rings (SSSR count). The third-order valence-corrected chi connectivity index (χ3v) is 2.12. The van der Waals surface area contributed by atoms with Gasteiger partial charge in [0, 0.05) is 0 Å². The summed E-state index contributed by atoms with van der Waals surface area (Å²) in [5.41, 5.74) is 0. The molecule has 0 aliphatic carbocycles. The Bertz CT molecular complexity index is 153. The molecule has 0 spiro atoms. The quantitative estimate of drug-likeness (QED) is 0.380. The fourth-order valence-electron chi connectivity index (χ4n) is 1.33. The minimum atomic E-state index is 0.813. The van der Waals surface area contributed by atoms with Gasteiger partial charge < -0.3 is 9.47 Å².